The molecule has 1 unspecified atom stereocenters. The van der Waals surface area contributed by atoms with Crippen molar-refractivity contribution in [3.8, 4) is 0 Å². The van der Waals surface area contributed by atoms with Gasteiger partial charge in [-0.1, -0.05) is 30.2 Å². The van der Waals surface area contributed by atoms with Gasteiger partial charge in [0.1, 0.15) is 5.67 Å². The van der Waals surface area contributed by atoms with Crippen LogP contribution in [0.1, 0.15) is 59.3 Å². The summed E-state index contributed by atoms with van der Waals surface area (Å²) in [6.45, 7) is 6.28. The van der Waals surface area contributed by atoms with E-state index in [9.17, 15) is 4.39 Å². The maximum absolute atomic E-state index is 14.3. The highest BCUT2D eigenvalue weighted by molar-refractivity contribution is 5.16. The predicted octanol–water partition coefficient (Wildman–Crippen LogP) is 4.96. The molecule has 0 amide bonds. The van der Waals surface area contributed by atoms with E-state index < -0.39 is 5.67 Å². The van der Waals surface area contributed by atoms with Gasteiger partial charge in [0, 0.05) is 0 Å². The van der Waals surface area contributed by atoms with Crippen LogP contribution in [0, 0.1) is 0 Å². The fourth-order valence-electron chi connectivity index (χ4n) is 2.35. The third-order valence-corrected chi connectivity index (χ3v) is 3.51. The lowest BCUT2D eigenvalue weighted by Crippen LogP contribution is -2.17. The SMILES string of the molecule is C/C=C/C1(F)CCC/C(=C(/C)CC)CC1. The predicted molar refractivity (Wildman–Crippen MR) is 64.7 cm³/mol. The maximum Gasteiger partial charge on any atom is 0.129 e. The molecule has 1 aliphatic carbocycles. The molecule has 0 saturated heterocycles. The molecule has 0 heterocycles. The average Bonchev–Trinajstić information content (AvgIpc) is 2.40. The van der Waals surface area contributed by atoms with Crippen LogP contribution in [0.15, 0.2) is 23.3 Å². The Kier molecular flexibility index (Phi) is 4.56. The highest BCUT2D eigenvalue weighted by Crippen LogP contribution is 2.35. The van der Waals surface area contributed by atoms with Crippen LogP contribution in [-0.4, -0.2) is 5.67 Å². The van der Waals surface area contributed by atoms with Gasteiger partial charge in [0.25, 0.3) is 0 Å². The van der Waals surface area contributed by atoms with E-state index in [0.717, 1.165) is 25.7 Å². The van der Waals surface area contributed by atoms with Gasteiger partial charge < -0.3 is 0 Å². The monoisotopic (exact) mass is 210 g/mol. The lowest BCUT2D eigenvalue weighted by atomic mass is 9.95. The first-order chi connectivity index (χ1) is 7.11. The zero-order valence-corrected chi connectivity index (χ0v) is 10.3. The van der Waals surface area contributed by atoms with Gasteiger partial charge >= 0.3 is 0 Å². The van der Waals surface area contributed by atoms with E-state index in [0.29, 0.717) is 12.8 Å². The van der Waals surface area contributed by atoms with Crippen LogP contribution >= 0.6 is 0 Å². The summed E-state index contributed by atoms with van der Waals surface area (Å²) in [6.07, 6.45) is 9.11. The van der Waals surface area contributed by atoms with Crippen molar-refractivity contribution in [1.82, 2.24) is 0 Å². The molecule has 0 aromatic rings. The molecule has 0 bridgehead atoms. The van der Waals surface area contributed by atoms with Crippen molar-refractivity contribution in [3.63, 3.8) is 0 Å². The minimum atomic E-state index is -1.04. The summed E-state index contributed by atoms with van der Waals surface area (Å²) in [5, 5.41) is 0. The van der Waals surface area contributed by atoms with Crippen molar-refractivity contribution in [2.75, 3.05) is 0 Å². The quantitative estimate of drug-likeness (QED) is 0.446. The molecule has 0 aliphatic heterocycles. The van der Waals surface area contributed by atoms with Crippen LogP contribution < -0.4 is 0 Å². The first kappa shape index (κ1) is 12.5. The van der Waals surface area contributed by atoms with E-state index in [1.807, 2.05) is 13.0 Å². The lowest BCUT2D eigenvalue weighted by Gasteiger charge is -2.18. The van der Waals surface area contributed by atoms with E-state index >= 15 is 0 Å². The molecule has 1 rings (SSSR count). The lowest BCUT2D eigenvalue weighted by molar-refractivity contribution is 0.203. The second-order valence-corrected chi connectivity index (χ2v) is 4.63. The van der Waals surface area contributed by atoms with Gasteiger partial charge in [0.05, 0.1) is 0 Å². The Morgan fingerprint density at radius 3 is 2.73 bits per heavy atom. The molecule has 86 valence electrons. The first-order valence-electron chi connectivity index (χ1n) is 6.11. The van der Waals surface area contributed by atoms with Crippen molar-refractivity contribution in [2.45, 2.75) is 65.0 Å². The van der Waals surface area contributed by atoms with E-state index in [1.54, 1.807) is 6.08 Å². The van der Waals surface area contributed by atoms with E-state index in [4.69, 9.17) is 0 Å². The number of hydrogen-bond acceptors (Lipinski definition) is 0. The van der Waals surface area contributed by atoms with E-state index in [2.05, 4.69) is 13.8 Å². The standard InChI is InChI=1S/C14H23F/c1-4-9-14(15)10-6-7-13(8-11-14)12(3)5-2/h4,9H,5-8,10-11H2,1-3H3/b9-4+,13-12+. The highest BCUT2D eigenvalue weighted by atomic mass is 19.1. The fourth-order valence-corrected chi connectivity index (χ4v) is 2.35. The second kappa shape index (κ2) is 5.48. The summed E-state index contributed by atoms with van der Waals surface area (Å²) < 4.78 is 14.3. The van der Waals surface area contributed by atoms with Crippen molar-refractivity contribution in [3.05, 3.63) is 23.3 Å². The summed E-state index contributed by atoms with van der Waals surface area (Å²) in [4.78, 5) is 0. The first-order valence-corrected chi connectivity index (χ1v) is 6.11. The topological polar surface area (TPSA) is 0 Å². The van der Waals surface area contributed by atoms with E-state index in [-0.39, 0.29) is 0 Å². The normalized spacial score (nSPS) is 31.7. The van der Waals surface area contributed by atoms with Crippen LogP contribution in [0.25, 0.3) is 0 Å². The highest BCUT2D eigenvalue weighted by Gasteiger charge is 2.28. The molecule has 1 saturated carbocycles. The number of rotatable bonds is 2. The van der Waals surface area contributed by atoms with Gasteiger partial charge in [0.15, 0.2) is 0 Å². The number of halogens is 1. The summed E-state index contributed by atoms with van der Waals surface area (Å²) in [7, 11) is 0. The smallest absolute Gasteiger partial charge is 0.129 e. The molecule has 1 fully saturated rings. The molecular formula is C14H23F. The molecule has 0 nitrogen and oxygen atoms in total. The molecule has 0 aromatic heterocycles. The fraction of sp³-hybridized carbons (Fsp3) is 0.714. The minimum Gasteiger partial charge on any atom is -0.239 e. The Balaban J connectivity index is 2.71. The van der Waals surface area contributed by atoms with Gasteiger partial charge in [-0.15, -0.1) is 0 Å². The van der Waals surface area contributed by atoms with Crippen LogP contribution in [-0.2, 0) is 0 Å². The minimum absolute atomic E-state index is 0.671. The number of allylic oxidation sites excluding steroid dienone is 4. The zero-order valence-electron chi connectivity index (χ0n) is 10.3. The average molecular weight is 210 g/mol. The van der Waals surface area contributed by atoms with Gasteiger partial charge in [0.2, 0.25) is 0 Å². The largest absolute Gasteiger partial charge is 0.239 e. The Labute approximate surface area is 93.3 Å². The van der Waals surface area contributed by atoms with Crippen LogP contribution in [0.3, 0.4) is 0 Å². The Hall–Kier alpha value is -0.590. The summed E-state index contributed by atoms with van der Waals surface area (Å²) in [5.41, 5.74) is 1.94. The van der Waals surface area contributed by atoms with Crippen LogP contribution in [0.4, 0.5) is 4.39 Å². The second-order valence-electron chi connectivity index (χ2n) is 4.63. The molecular weight excluding hydrogens is 187 g/mol. The van der Waals surface area contributed by atoms with Crippen molar-refractivity contribution in [2.24, 2.45) is 0 Å². The van der Waals surface area contributed by atoms with Gasteiger partial charge in [-0.2, -0.15) is 0 Å². The third-order valence-electron chi connectivity index (χ3n) is 3.51. The van der Waals surface area contributed by atoms with Crippen molar-refractivity contribution < 1.29 is 4.39 Å². The van der Waals surface area contributed by atoms with E-state index in [1.165, 1.54) is 11.1 Å². The Morgan fingerprint density at radius 1 is 1.40 bits per heavy atom. The van der Waals surface area contributed by atoms with Crippen molar-refractivity contribution in [1.29, 1.82) is 0 Å². The molecule has 0 aromatic carbocycles. The van der Waals surface area contributed by atoms with Crippen molar-refractivity contribution >= 4 is 0 Å². The molecule has 1 aliphatic rings. The molecule has 0 N–H and O–H groups in total. The summed E-state index contributed by atoms with van der Waals surface area (Å²) >= 11 is 0. The Bertz CT molecular complexity index is 263. The number of alkyl halides is 1. The number of hydrogen-bond donors (Lipinski definition) is 0. The summed E-state index contributed by atoms with van der Waals surface area (Å²) in [6, 6.07) is 0. The van der Waals surface area contributed by atoms with Crippen LogP contribution in [0.2, 0.25) is 0 Å². The molecule has 1 atom stereocenters. The van der Waals surface area contributed by atoms with Crippen LogP contribution in [0.5, 0.6) is 0 Å². The molecule has 0 radical (unpaired) electrons. The zero-order chi connectivity index (χ0) is 11.3. The Morgan fingerprint density at radius 2 is 2.13 bits per heavy atom. The van der Waals surface area contributed by atoms with Gasteiger partial charge in [-0.25, -0.2) is 4.39 Å². The van der Waals surface area contributed by atoms with Gasteiger partial charge in [-0.05, 0) is 52.4 Å². The summed E-state index contributed by atoms with van der Waals surface area (Å²) in [5.74, 6) is 0. The third kappa shape index (κ3) is 3.48. The molecule has 15 heavy (non-hydrogen) atoms. The molecule has 0 spiro atoms. The maximum atomic E-state index is 14.3. The molecule has 1 heteroatoms. The van der Waals surface area contributed by atoms with Gasteiger partial charge in [-0.3, -0.25) is 0 Å².